The zero-order valence-corrected chi connectivity index (χ0v) is 16.6. The SMILES string of the molecule is CC(NC(=O)CNC(=O)c1ccc(-c2ccccc2)cc1)c1nc2ccccc2[nH]1. The Labute approximate surface area is 174 Å². The van der Waals surface area contributed by atoms with Gasteiger partial charge in [0.05, 0.1) is 23.6 Å². The lowest BCUT2D eigenvalue weighted by atomic mass is 10.0. The molecule has 0 fully saturated rings. The molecule has 0 aliphatic carbocycles. The van der Waals surface area contributed by atoms with Crippen LogP contribution in [0.5, 0.6) is 0 Å². The van der Waals surface area contributed by atoms with Crippen molar-refractivity contribution in [3.63, 3.8) is 0 Å². The average Bonchev–Trinajstić information content (AvgIpc) is 3.23. The number of carbonyl (C=O) groups is 2. The van der Waals surface area contributed by atoms with Gasteiger partial charge in [-0.15, -0.1) is 0 Å². The van der Waals surface area contributed by atoms with E-state index in [1.807, 2.05) is 73.7 Å². The number of para-hydroxylation sites is 2. The van der Waals surface area contributed by atoms with Crippen molar-refractivity contribution >= 4 is 22.8 Å². The molecule has 1 heterocycles. The normalized spacial score (nSPS) is 11.8. The van der Waals surface area contributed by atoms with Gasteiger partial charge >= 0.3 is 0 Å². The molecular weight excluding hydrogens is 376 g/mol. The maximum absolute atomic E-state index is 12.4. The second-order valence-corrected chi connectivity index (χ2v) is 7.05. The Kier molecular flexibility index (Phi) is 5.57. The van der Waals surface area contributed by atoms with E-state index < -0.39 is 0 Å². The molecule has 1 atom stereocenters. The lowest BCUT2D eigenvalue weighted by Gasteiger charge is -2.12. The van der Waals surface area contributed by atoms with Crippen LogP contribution in [0.2, 0.25) is 0 Å². The van der Waals surface area contributed by atoms with Crippen LogP contribution in [-0.4, -0.2) is 28.3 Å². The minimum absolute atomic E-state index is 0.107. The van der Waals surface area contributed by atoms with Crippen LogP contribution in [0, 0.1) is 0 Å². The van der Waals surface area contributed by atoms with Crippen LogP contribution in [0.25, 0.3) is 22.2 Å². The van der Waals surface area contributed by atoms with Crippen LogP contribution in [-0.2, 0) is 4.79 Å². The van der Waals surface area contributed by atoms with E-state index in [2.05, 4.69) is 20.6 Å². The van der Waals surface area contributed by atoms with E-state index in [1.165, 1.54) is 0 Å². The first-order valence-electron chi connectivity index (χ1n) is 9.78. The van der Waals surface area contributed by atoms with E-state index in [0.717, 1.165) is 22.2 Å². The first-order valence-corrected chi connectivity index (χ1v) is 9.78. The smallest absolute Gasteiger partial charge is 0.251 e. The van der Waals surface area contributed by atoms with Gasteiger partial charge < -0.3 is 15.6 Å². The van der Waals surface area contributed by atoms with Crippen molar-refractivity contribution < 1.29 is 9.59 Å². The minimum atomic E-state index is -0.299. The van der Waals surface area contributed by atoms with Gasteiger partial charge in [-0.3, -0.25) is 9.59 Å². The Bertz CT molecular complexity index is 1130. The molecule has 0 bridgehead atoms. The van der Waals surface area contributed by atoms with Gasteiger partial charge in [-0.05, 0) is 42.3 Å². The molecule has 3 aromatic carbocycles. The molecule has 3 N–H and O–H groups in total. The third-order valence-electron chi connectivity index (χ3n) is 4.86. The fourth-order valence-electron chi connectivity index (χ4n) is 3.25. The maximum atomic E-state index is 12.4. The summed E-state index contributed by atoms with van der Waals surface area (Å²) in [7, 11) is 0. The topological polar surface area (TPSA) is 86.9 Å². The molecule has 4 aromatic rings. The van der Waals surface area contributed by atoms with Crippen molar-refractivity contribution in [2.75, 3.05) is 6.54 Å². The number of fused-ring (bicyclic) bond motifs is 1. The number of nitrogens with one attached hydrogen (secondary N) is 3. The predicted octanol–water partition coefficient (Wildman–Crippen LogP) is 3.84. The number of imidazole rings is 1. The largest absolute Gasteiger partial charge is 0.345 e. The molecule has 4 rings (SSSR count). The van der Waals surface area contributed by atoms with Gasteiger partial charge in [-0.2, -0.15) is 0 Å². The fourth-order valence-corrected chi connectivity index (χ4v) is 3.25. The third-order valence-corrected chi connectivity index (χ3v) is 4.86. The number of hydrogen-bond acceptors (Lipinski definition) is 3. The number of carbonyl (C=O) groups excluding carboxylic acids is 2. The molecule has 0 radical (unpaired) electrons. The third kappa shape index (κ3) is 4.38. The summed E-state index contributed by atoms with van der Waals surface area (Å²) in [6, 6.07) is 24.6. The number of rotatable bonds is 6. The van der Waals surface area contributed by atoms with E-state index in [9.17, 15) is 9.59 Å². The Hall–Kier alpha value is -3.93. The lowest BCUT2D eigenvalue weighted by molar-refractivity contribution is -0.120. The molecule has 0 aliphatic heterocycles. The van der Waals surface area contributed by atoms with Crippen molar-refractivity contribution in [2.45, 2.75) is 13.0 Å². The summed E-state index contributed by atoms with van der Waals surface area (Å²) in [4.78, 5) is 32.3. The molecule has 6 nitrogen and oxygen atoms in total. The monoisotopic (exact) mass is 398 g/mol. The van der Waals surface area contributed by atoms with Gasteiger partial charge in [-0.1, -0.05) is 54.6 Å². The summed E-state index contributed by atoms with van der Waals surface area (Å²) in [6.07, 6.45) is 0. The molecule has 0 saturated heterocycles. The quantitative estimate of drug-likeness (QED) is 0.461. The highest BCUT2D eigenvalue weighted by molar-refractivity contribution is 5.96. The van der Waals surface area contributed by atoms with Gasteiger partial charge in [0.15, 0.2) is 0 Å². The van der Waals surface area contributed by atoms with Gasteiger partial charge in [0, 0.05) is 5.56 Å². The van der Waals surface area contributed by atoms with E-state index in [4.69, 9.17) is 0 Å². The average molecular weight is 398 g/mol. The van der Waals surface area contributed by atoms with Gasteiger partial charge in [-0.25, -0.2) is 4.98 Å². The molecule has 0 aliphatic rings. The van der Waals surface area contributed by atoms with Crippen LogP contribution >= 0.6 is 0 Å². The summed E-state index contributed by atoms with van der Waals surface area (Å²) >= 11 is 0. The van der Waals surface area contributed by atoms with Crippen LogP contribution in [0.4, 0.5) is 0 Å². The molecule has 0 saturated carbocycles. The first-order chi connectivity index (χ1) is 14.6. The maximum Gasteiger partial charge on any atom is 0.251 e. The Balaban J connectivity index is 1.31. The van der Waals surface area contributed by atoms with Crippen LogP contribution in [0.15, 0.2) is 78.9 Å². The number of H-pyrrole nitrogens is 1. The van der Waals surface area contributed by atoms with Crippen molar-refractivity contribution in [2.24, 2.45) is 0 Å². The van der Waals surface area contributed by atoms with Crippen molar-refractivity contribution in [1.82, 2.24) is 20.6 Å². The number of hydrogen-bond donors (Lipinski definition) is 3. The van der Waals surface area contributed by atoms with Gasteiger partial charge in [0.1, 0.15) is 5.82 Å². The van der Waals surface area contributed by atoms with Crippen molar-refractivity contribution in [3.8, 4) is 11.1 Å². The summed E-state index contributed by atoms with van der Waals surface area (Å²) in [6.45, 7) is 1.74. The van der Waals surface area contributed by atoms with Crippen LogP contribution < -0.4 is 10.6 Å². The molecule has 0 spiro atoms. The first kappa shape index (κ1) is 19.4. The predicted molar refractivity (Wildman–Crippen MR) is 117 cm³/mol. The lowest BCUT2D eigenvalue weighted by Crippen LogP contribution is -2.38. The number of aromatic amines is 1. The van der Waals surface area contributed by atoms with Gasteiger partial charge in [0.2, 0.25) is 5.91 Å². The number of nitrogens with zero attached hydrogens (tertiary/aromatic N) is 1. The zero-order chi connectivity index (χ0) is 20.9. The second-order valence-electron chi connectivity index (χ2n) is 7.05. The van der Waals surface area contributed by atoms with E-state index in [-0.39, 0.29) is 24.4 Å². The fraction of sp³-hybridized carbons (Fsp3) is 0.125. The summed E-state index contributed by atoms with van der Waals surface area (Å²) in [5, 5.41) is 5.51. The Morgan fingerprint density at radius 3 is 2.30 bits per heavy atom. The van der Waals surface area contributed by atoms with Crippen molar-refractivity contribution in [1.29, 1.82) is 0 Å². The second kappa shape index (κ2) is 8.61. The molecule has 2 amide bonds. The summed E-state index contributed by atoms with van der Waals surface area (Å²) < 4.78 is 0. The summed E-state index contributed by atoms with van der Waals surface area (Å²) in [5.74, 6) is 0.103. The molecular formula is C24H22N4O2. The van der Waals surface area contributed by atoms with Crippen LogP contribution in [0.3, 0.4) is 0 Å². The van der Waals surface area contributed by atoms with E-state index in [1.54, 1.807) is 12.1 Å². The van der Waals surface area contributed by atoms with Crippen molar-refractivity contribution in [3.05, 3.63) is 90.3 Å². The minimum Gasteiger partial charge on any atom is -0.345 e. The Morgan fingerprint density at radius 1 is 0.900 bits per heavy atom. The number of benzene rings is 3. The Morgan fingerprint density at radius 2 is 1.57 bits per heavy atom. The molecule has 150 valence electrons. The van der Waals surface area contributed by atoms with Gasteiger partial charge in [0.25, 0.3) is 5.91 Å². The zero-order valence-electron chi connectivity index (χ0n) is 16.6. The standard InChI is InChI=1S/C24H22N4O2/c1-16(23-27-20-9-5-6-10-21(20)28-23)26-22(29)15-25-24(30)19-13-11-18(12-14-19)17-7-3-2-4-8-17/h2-14,16H,15H2,1H3,(H,25,30)(H,26,29)(H,27,28). The molecule has 1 unspecified atom stereocenters. The number of aromatic nitrogens is 2. The van der Waals surface area contributed by atoms with E-state index in [0.29, 0.717) is 11.4 Å². The van der Waals surface area contributed by atoms with Crippen LogP contribution in [0.1, 0.15) is 29.1 Å². The molecule has 1 aromatic heterocycles. The molecule has 6 heteroatoms. The highest BCUT2D eigenvalue weighted by atomic mass is 16.2. The summed E-state index contributed by atoms with van der Waals surface area (Å²) in [5.41, 5.74) is 4.39. The number of amides is 2. The highest BCUT2D eigenvalue weighted by Crippen LogP contribution is 2.19. The molecule has 30 heavy (non-hydrogen) atoms. The highest BCUT2D eigenvalue weighted by Gasteiger charge is 2.14. The van der Waals surface area contributed by atoms with E-state index >= 15 is 0 Å².